The van der Waals surface area contributed by atoms with E-state index < -0.39 is 22.0 Å². The van der Waals surface area contributed by atoms with E-state index in [2.05, 4.69) is 4.72 Å². The highest BCUT2D eigenvalue weighted by molar-refractivity contribution is 7.89. The van der Waals surface area contributed by atoms with E-state index in [1.54, 1.807) is 0 Å². The van der Waals surface area contributed by atoms with E-state index in [1.807, 2.05) is 13.8 Å². The average Bonchev–Trinajstić information content (AvgIpc) is 2.27. The van der Waals surface area contributed by atoms with Crippen LogP contribution in [0.1, 0.15) is 52.4 Å². The summed E-state index contributed by atoms with van der Waals surface area (Å²) < 4.78 is 26.7. The molecular weight excluding hydrogens is 266 g/mol. The molecule has 1 saturated carbocycles. The number of hydrogen-bond acceptors (Lipinski definition) is 3. The number of carboxylic acid groups (broad SMARTS) is 1. The van der Waals surface area contributed by atoms with Gasteiger partial charge in [-0.15, -0.1) is 0 Å². The minimum absolute atomic E-state index is 0.0303. The van der Waals surface area contributed by atoms with Gasteiger partial charge in [0.1, 0.15) is 0 Å². The molecule has 0 heterocycles. The van der Waals surface area contributed by atoms with Crippen LogP contribution in [0.15, 0.2) is 0 Å². The van der Waals surface area contributed by atoms with Crippen LogP contribution in [-0.2, 0) is 14.8 Å². The second-order valence-corrected chi connectivity index (χ2v) is 7.65. The highest BCUT2D eigenvalue weighted by Gasteiger charge is 2.26. The molecule has 112 valence electrons. The minimum atomic E-state index is -3.38. The number of aliphatic carboxylic acids is 1. The van der Waals surface area contributed by atoms with Crippen molar-refractivity contribution in [1.29, 1.82) is 0 Å². The van der Waals surface area contributed by atoms with Crippen molar-refractivity contribution >= 4 is 16.0 Å². The lowest BCUT2D eigenvalue weighted by molar-refractivity contribution is -0.137. The van der Waals surface area contributed by atoms with Crippen LogP contribution in [-0.4, -0.2) is 31.3 Å². The quantitative estimate of drug-likeness (QED) is 0.751. The van der Waals surface area contributed by atoms with Gasteiger partial charge in [-0.1, -0.05) is 33.1 Å². The lowest BCUT2D eigenvalue weighted by atomic mass is 9.91. The predicted octanol–water partition coefficient (Wildman–Crippen LogP) is 1.99. The molecule has 0 aromatic heterocycles. The summed E-state index contributed by atoms with van der Waals surface area (Å²) in [6, 6.07) is -0.522. The van der Waals surface area contributed by atoms with E-state index in [0.717, 1.165) is 25.7 Å². The van der Waals surface area contributed by atoms with Crippen molar-refractivity contribution in [2.45, 2.75) is 58.4 Å². The highest BCUT2D eigenvalue weighted by Crippen LogP contribution is 2.25. The van der Waals surface area contributed by atoms with E-state index in [9.17, 15) is 13.2 Å². The zero-order chi connectivity index (χ0) is 14.5. The molecule has 5 nitrogen and oxygen atoms in total. The van der Waals surface area contributed by atoms with Gasteiger partial charge in [-0.05, 0) is 24.7 Å². The Balaban J connectivity index is 2.57. The number of carbonyl (C=O) groups is 1. The normalized spacial score (nSPS) is 19.5. The van der Waals surface area contributed by atoms with Crippen LogP contribution in [0.3, 0.4) is 0 Å². The largest absolute Gasteiger partial charge is 0.481 e. The molecule has 1 atom stereocenters. The van der Waals surface area contributed by atoms with E-state index >= 15 is 0 Å². The van der Waals surface area contributed by atoms with Crippen LogP contribution in [0, 0.1) is 11.8 Å². The van der Waals surface area contributed by atoms with Gasteiger partial charge >= 0.3 is 5.97 Å². The fourth-order valence-electron chi connectivity index (χ4n) is 2.54. The van der Waals surface area contributed by atoms with Gasteiger partial charge in [-0.3, -0.25) is 4.79 Å². The Kier molecular flexibility index (Phi) is 6.26. The summed E-state index contributed by atoms with van der Waals surface area (Å²) in [5.74, 6) is -0.643. The monoisotopic (exact) mass is 291 g/mol. The summed E-state index contributed by atoms with van der Waals surface area (Å²) in [6.45, 7) is 3.66. The third-order valence-corrected chi connectivity index (χ3v) is 5.28. The van der Waals surface area contributed by atoms with Crippen molar-refractivity contribution < 1.29 is 18.3 Å². The summed E-state index contributed by atoms with van der Waals surface area (Å²) in [5, 5.41) is 8.82. The predicted molar refractivity (Wildman–Crippen MR) is 74.4 cm³/mol. The molecule has 19 heavy (non-hydrogen) atoms. The third-order valence-electron chi connectivity index (χ3n) is 3.71. The smallest absolute Gasteiger partial charge is 0.304 e. The summed E-state index contributed by atoms with van der Waals surface area (Å²) >= 11 is 0. The van der Waals surface area contributed by atoms with E-state index in [-0.39, 0.29) is 24.0 Å². The van der Waals surface area contributed by atoms with Crippen LogP contribution >= 0.6 is 0 Å². The minimum Gasteiger partial charge on any atom is -0.481 e. The van der Waals surface area contributed by atoms with Gasteiger partial charge in [0.2, 0.25) is 10.0 Å². The van der Waals surface area contributed by atoms with Crippen molar-refractivity contribution in [2.24, 2.45) is 11.8 Å². The van der Waals surface area contributed by atoms with Crippen LogP contribution in [0.25, 0.3) is 0 Å². The van der Waals surface area contributed by atoms with Crippen molar-refractivity contribution in [1.82, 2.24) is 4.72 Å². The summed E-state index contributed by atoms with van der Waals surface area (Å²) in [7, 11) is -3.38. The van der Waals surface area contributed by atoms with E-state index in [0.29, 0.717) is 0 Å². The number of hydrogen-bond donors (Lipinski definition) is 2. The Morgan fingerprint density at radius 1 is 1.26 bits per heavy atom. The molecule has 0 bridgehead atoms. The zero-order valence-corrected chi connectivity index (χ0v) is 12.6. The lowest BCUT2D eigenvalue weighted by Gasteiger charge is -2.24. The second-order valence-electron chi connectivity index (χ2n) is 5.85. The molecule has 0 aromatic rings. The molecule has 0 aliphatic heterocycles. The Morgan fingerprint density at radius 2 is 1.84 bits per heavy atom. The van der Waals surface area contributed by atoms with Crippen LogP contribution in [0.4, 0.5) is 0 Å². The van der Waals surface area contributed by atoms with Gasteiger partial charge < -0.3 is 5.11 Å². The fourth-order valence-corrected chi connectivity index (χ4v) is 4.41. The Bertz CT molecular complexity index is 385. The Labute approximate surface area is 115 Å². The molecule has 0 aromatic carbocycles. The SMILES string of the molecule is CC(C)C(CC(=O)O)NS(=O)(=O)CC1CCCCC1. The molecule has 1 unspecified atom stereocenters. The number of nitrogens with one attached hydrogen (secondary N) is 1. The molecule has 2 N–H and O–H groups in total. The van der Waals surface area contributed by atoms with E-state index in [4.69, 9.17) is 5.11 Å². The first-order chi connectivity index (χ1) is 8.80. The van der Waals surface area contributed by atoms with Crippen molar-refractivity contribution in [2.75, 3.05) is 5.75 Å². The molecule has 0 amide bonds. The zero-order valence-electron chi connectivity index (χ0n) is 11.8. The molecule has 0 saturated heterocycles. The maximum atomic E-state index is 12.1. The van der Waals surface area contributed by atoms with Crippen LogP contribution in [0.5, 0.6) is 0 Å². The van der Waals surface area contributed by atoms with Crippen molar-refractivity contribution in [3.8, 4) is 0 Å². The standard InChI is InChI=1S/C13H25NO4S/c1-10(2)12(8-13(15)16)14-19(17,18)9-11-6-4-3-5-7-11/h10-12,14H,3-9H2,1-2H3,(H,15,16). The maximum Gasteiger partial charge on any atom is 0.304 e. The molecule has 0 radical (unpaired) electrons. The van der Waals surface area contributed by atoms with Crippen LogP contribution < -0.4 is 4.72 Å². The van der Waals surface area contributed by atoms with Crippen molar-refractivity contribution in [3.63, 3.8) is 0 Å². The number of sulfonamides is 1. The van der Waals surface area contributed by atoms with Gasteiger partial charge in [-0.25, -0.2) is 13.1 Å². The van der Waals surface area contributed by atoms with Crippen LogP contribution in [0.2, 0.25) is 0 Å². The first-order valence-corrected chi connectivity index (χ1v) is 8.67. The van der Waals surface area contributed by atoms with Gasteiger partial charge in [0, 0.05) is 6.04 Å². The molecule has 1 aliphatic carbocycles. The maximum absolute atomic E-state index is 12.1. The molecule has 6 heteroatoms. The number of rotatable bonds is 7. The summed E-state index contributed by atoms with van der Waals surface area (Å²) in [4.78, 5) is 10.8. The Hall–Kier alpha value is -0.620. The third kappa shape index (κ3) is 6.38. The first kappa shape index (κ1) is 16.4. The van der Waals surface area contributed by atoms with Gasteiger partial charge in [-0.2, -0.15) is 0 Å². The topological polar surface area (TPSA) is 83.5 Å². The summed E-state index contributed by atoms with van der Waals surface area (Å²) in [5.41, 5.74) is 0. The summed E-state index contributed by atoms with van der Waals surface area (Å²) in [6.07, 6.45) is 5.16. The van der Waals surface area contributed by atoms with Gasteiger partial charge in [0.15, 0.2) is 0 Å². The first-order valence-electron chi connectivity index (χ1n) is 7.02. The molecular formula is C13H25NO4S. The Morgan fingerprint density at radius 3 is 2.32 bits per heavy atom. The molecule has 1 fully saturated rings. The fraction of sp³-hybridized carbons (Fsp3) is 0.923. The molecule has 1 rings (SSSR count). The average molecular weight is 291 g/mol. The number of carboxylic acids is 1. The van der Waals surface area contributed by atoms with E-state index in [1.165, 1.54) is 6.42 Å². The van der Waals surface area contributed by atoms with Gasteiger partial charge in [0.25, 0.3) is 0 Å². The highest BCUT2D eigenvalue weighted by atomic mass is 32.2. The second kappa shape index (κ2) is 7.24. The van der Waals surface area contributed by atoms with Crippen molar-refractivity contribution in [3.05, 3.63) is 0 Å². The van der Waals surface area contributed by atoms with Gasteiger partial charge in [0.05, 0.1) is 12.2 Å². The lowest BCUT2D eigenvalue weighted by Crippen LogP contribution is -2.42. The molecule has 0 spiro atoms. The molecule has 1 aliphatic rings.